The van der Waals surface area contributed by atoms with Gasteiger partial charge in [0.2, 0.25) is 5.91 Å². The Kier molecular flexibility index (Phi) is 16.7. The van der Waals surface area contributed by atoms with Gasteiger partial charge in [-0.1, -0.05) is 62.6 Å². The number of carbonyl (C=O) groups is 3. The molecule has 4 N–H and O–H groups in total. The quantitative estimate of drug-likeness (QED) is 0.106. The number of amides is 2. The van der Waals surface area contributed by atoms with Crippen molar-refractivity contribution in [3.63, 3.8) is 0 Å². The number of benzene rings is 1. The van der Waals surface area contributed by atoms with Crippen LogP contribution in [0.15, 0.2) is 54.7 Å². The number of allylic oxidation sites excluding steroid dienone is 6. The van der Waals surface area contributed by atoms with Gasteiger partial charge in [0.1, 0.15) is 17.9 Å². The lowest BCUT2D eigenvalue weighted by molar-refractivity contribution is -0.121. The van der Waals surface area contributed by atoms with Crippen molar-refractivity contribution in [3.05, 3.63) is 60.2 Å². The molecule has 0 bridgehead atoms. The molecule has 1 aromatic carbocycles. The summed E-state index contributed by atoms with van der Waals surface area (Å²) < 4.78 is 4.97. The van der Waals surface area contributed by atoms with E-state index in [9.17, 15) is 19.5 Å². The fraction of sp³-hybridized carbons (Fsp3) is 0.464. The lowest BCUT2D eigenvalue weighted by Gasteiger charge is -2.09. The average molecular weight is 501 g/mol. The molecule has 0 saturated carbocycles. The minimum Gasteiger partial charge on any atom is -0.507 e. The van der Waals surface area contributed by atoms with Crippen molar-refractivity contribution in [2.75, 3.05) is 18.5 Å². The number of hydrogen-bond donors (Lipinski definition) is 4. The van der Waals surface area contributed by atoms with Gasteiger partial charge in [0.25, 0.3) is 0 Å². The topological polar surface area (TPSA) is 125 Å². The van der Waals surface area contributed by atoms with Gasteiger partial charge in [-0.05, 0) is 56.7 Å². The Morgan fingerprint density at radius 3 is 2.31 bits per heavy atom. The first-order valence-electron chi connectivity index (χ1n) is 12.7. The molecule has 198 valence electrons. The standard InChI is InChI=1S/C28H40N2O6/c1-2-3-4-5-6-7-8-9-10-11-12-13-14-15-16-17-26(32)29-20-21-36-28(35)30-23-18-19-25(31)24(22-23)27(33)34/h3-4,6-7,9-10,18-19,22,31H,2,5,8,11-17,20-21H2,1H3,(H,29,32)(H,30,35)(H,33,34). The molecule has 1 rings (SSSR count). The predicted molar refractivity (Wildman–Crippen MR) is 142 cm³/mol. The molecule has 0 heterocycles. The molecule has 0 aliphatic heterocycles. The molecule has 0 aliphatic carbocycles. The van der Waals surface area contributed by atoms with Gasteiger partial charge in [-0.3, -0.25) is 10.1 Å². The summed E-state index contributed by atoms with van der Waals surface area (Å²) in [6.45, 7) is 2.31. The van der Waals surface area contributed by atoms with Crippen LogP contribution in [-0.4, -0.2) is 41.3 Å². The molecule has 0 spiro atoms. The zero-order valence-electron chi connectivity index (χ0n) is 21.2. The number of carboxylic acids is 1. The van der Waals surface area contributed by atoms with Gasteiger partial charge < -0.3 is 20.3 Å². The van der Waals surface area contributed by atoms with Crippen LogP contribution in [0.1, 0.15) is 81.5 Å². The molecule has 36 heavy (non-hydrogen) atoms. The van der Waals surface area contributed by atoms with Crippen LogP contribution < -0.4 is 10.6 Å². The summed E-state index contributed by atoms with van der Waals surface area (Å²) in [7, 11) is 0. The lowest BCUT2D eigenvalue weighted by atomic mass is 10.1. The summed E-state index contributed by atoms with van der Waals surface area (Å²) >= 11 is 0. The number of carboxylic acid groups (broad SMARTS) is 1. The van der Waals surface area contributed by atoms with E-state index in [0.717, 1.165) is 63.9 Å². The first-order valence-corrected chi connectivity index (χ1v) is 12.7. The Morgan fingerprint density at radius 2 is 1.58 bits per heavy atom. The monoisotopic (exact) mass is 500 g/mol. The van der Waals surface area contributed by atoms with Crippen molar-refractivity contribution < 1.29 is 29.3 Å². The van der Waals surface area contributed by atoms with Gasteiger partial charge >= 0.3 is 12.1 Å². The van der Waals surface area contributed by atoms with Crippen molar-refractivity contribution >= 4 is 23.7 Å². The molecule has 1 aromatic rings. The molecule has 0 aromatic heterocycles. The van der Waals surface area contributed by atoms with E-state index in [1.165, 1.54) is 12.1 Å². The molecule has 0 radical (unpaired) electrons. The first-order chi connectivity index (χ1) is 17.4. The maximum absolute atomic E-state index is 11.9. The van der Waals surface area contributed by atoms with Gasteiger partial charge in [0, 0.05) is 12.1 Å². The van der Waals surface area contributed by atoms with Gasteiger partial charge in [-0.25, -0.2) is 9.59 Å². The maximum atomic E-state index is 11.9. The number of rotatable bonds is 18. The Labute approximate surface area is 214 Å². The highest BCUT2D eigenvalue weighted by atomic mass is 16.5. The number of hydrogen-bond acceptors (Lipinski definition) is 5. The van der Waals surface area contributed by atoms with Crippen LogP contribution in [0, 0.1) is 0 Å². The Balaban J connectivity index is 1.99. The molecule has 0 aliphatic rings. The number of anilines is 1. The largest absolute Gasteiger partial charge is 0.507 e. The fourth-order valence-corrected chi connectivity index (χ4v) is 3.27. The Bertz CT molecular complexity index is 892. The molecule has 8 nitrogen and oxygen atoms in total. The SMILES string of the molecule is CCC=CCC=CCC=CCCCCCCCC(=O)NCCOC(=O)Nc1ccc(O)c(C(=O)O)c1. The normalized spacial score (nSPS) is 11.4. The van der Waals surface area contributed by atoms with E-state index in [2.05, 4.69) is 54.0 Å². The van der Waals surface area contributed by atoms with Crippen molar-refractivity contribution in [3.8, 4) is 5.75 Å². The second kappa shape index (κ2) is 19.7. The van der Waals surface area contributed by atoms with Crippen LogP contribution in [-0.2, 0) is 9.53 Å². The first kappa shape index (κ1) is 30.5. The number of ether oxygens (including phenoxy) is 1. The molecular formula is C28H40N2O6. The Hall–Kier alpha value is -3.55. The van der Waals surface area contributed by atoms with E-state index in [1.807, 2.05) is 0 Å². The predicted octanol–water partition coefficient (Wildman–Crippen LogP) is 6.34. The maximum Gasteiger partial charge on any atom is 0.411 e. The lowest BCUT2D eigenvalue weighted by Crippen LogP contribution is -2.28. The smallest absolute Gasteiger partial charge is 0.411 e. The molecule has 8 heteroatoms. The highest BCUT2D eigenvalue weighted by molar-refractivity contribution is 5.93. The minimum atomic E-state index is -1.31. The van der Waals surface area contributed by atoms with Crippen LogP contribution in [0.25, 0.3) is 0 Å². The number of nitrogens with one attached hydrogen (secondary N) is 2. The summed E-state index contributed by atoms with van der Waals surface area (Å²) in [5, 5.41) is 23.5. The number of aromatic hydroxyl groups is 1. The number of carbonyl (C=O) groups excluding carboxylic acids is 2. The Morgan fingerprint density at radius 1 is 0.917 bits per heavy atom. The van der Waals surface area contributed by atoms with Crippen LogP contribution in [0.5, 0.6) is 5.75 Å². The second-order valence-corrected chi connectivity index (χ2v) is 8.25. The summed E-state index contributed by atoms with van der Waals surface area (Å²) in [4.78, 5) is 34.7. The van der Waals surface area contributed by atoms with Crippen molar-refractivity contribution in [2.45, 2.75) is 71.1 Å². The van der Waals surface area contributed by atoms with Crippen molar-refractivity contribution in [2.24, 2.45) is 0 Å². The summed E-state index contributed by atoms with van der Waals surface area (Å²) in [6, 6.07) is 3.66. The van der Waals surface area contributed by atoms with Gasteiger partial charge in [-0.15, -0.1) is 0 Å². The van der Waals surface area contributed by atoms with Crippen molar-refractivity contribution in [1.29, 1.82) is 0 Å². The number of aromatic carboxylic acids is 1. The summed E-state index contributed by atoms with van der Waals surface area (Å²) in [6.07, 6.45) is 22.3. The van der Waals surface area contributed by atoms with E-state index in [0.29, 0.717) is 6.42 Å². The fourth-order valence-electron chi connectivity index (χ4n) is 3.27. The van der Waals surface area contributed by atoms with E-state index >= 15 is 0 Å². The third kappa shape index (κ3) is 15.4. The third-order valence-corrected chi connectivity index (χ3v) is 5.19. The molecule has 0 unspecified atom stereocenters. The summed E-state index contributed by atoms with van der Waals surface area (Å²) in [5.74, 6) is -1.79. The van der Waals surface area contributed by atoms with E-state index in [1.54, 1.807) is 0 Å². The highest BCUT2D eigenvalue weighted by Gasteiger charge is 2.12. The van der Waals surface area contributed by atoms with Gasteiger partial charge in [0.05, 0.1) is 6.54 Å². The molecular weight excluding hydrogens is 460 g/mol. The van der Waals surface area contributed by atoms with E-state index in [4.69, 9.17) is 9.84 Å². The van der Waals surface area contributed by atoms with Gasteiger partial charge in [0.15, 0.2) is 0 Å². The average Bonchev–Trinajstić information content (AvgIpc) is 2.85. The minimum absolute atomic E-state index is 0.0132. The molecule has 0 atom stereocenters. The van der Waals surface area contributed by atoms with E-state index in [-0.39, 0.29) is 30.3 Å². The molecule has 2 amide bonds. The zero-order valence-corrected chi connectivity index (χ0v) is 21.2. The number of phenols is 1. The second-order valence-electron chi connectivity index (χ2n) is 8.25. The van der Waals surface area contributed by atoms with Crippen LogP contribution in [0.3, 0.4) is 0 Å². The number of unbranched alkanes of at least 4 members (excludes halogenated alkanes) is 5. The van der Waals surface area contributed by atoms with Crippen LogP contribution in [0.4, 0.5) is 10.5 Å². The van der Waals surface area contributed by atoms with Crippen molar-refractivity contribution in [1.82, 2.24) is 5.32 Å². The zero-order chi connectivity index (χ0) is 26.4. The van der Waals surface area contributed by atoms with Crippen LogP contribution >= 0.6 is 0 Å². The highest BCUT2D eigenvalue weighted by Crippen LogP contribution is 2.21. The molecule has 0 saturated heterocycles. The van der Waals surface area contributed by atoms with Crippen LogP contribution in [0.2, 0.25) is 0 Å². The van der Waals surface area contributed by atoms with Gasteiger partial charge in [-0.2, -0.15) is 0 Å². The van der Waals surface area contributed by atoms with E-state index < -0.39 is 17.8 Å². The molecule has 0 fully saturated rings. The summed E-state index contributed by atoms with van der Waals surface area (Å²) in [5.41, 5.74) is -0.148. The third-order valence-electron chi connectivity index (χ3n) is 5.19.